The maximum absolute atomic E-state index is 12.3. The molecule has 1 aliphatic heterocycles. The van der Waals surface area contributed by atoms with Crippen LogP contribution in [-0.4, -0.2) is 56.5 Å². The van der Waals surface area contributed by atoms with E-state index in [0.717, 1.165) is 56.7 Å². The van der Waals surface area contributed by atoms with Crippen LogP contribution in [-0.2, 0) is 19.0 Å². The highest BCUT2D eigenvalue weighted by molar-refractivity contribution is 5.69. The summed E-state index contributed by atoms with van der Waals surface area (Å²) in [4.78, 5) is 26.7. The first-order chi connectivity index (χ1) is 15.4. The number of nitrogens with zero attached hydrogens (tertiary/aromatic N) is 1. The molecule has 0 amide bonds. The van der Waals surface area contributed by atoms with Gasteiger partial charge < -0.3 is 19.1 Å². The van der Waals surface area contributed by atoms with Crippen LogP contribution < -0.4 is 0 Å². The first kappa shape index (κ1) is 23.8. The van der Waals surface area contributed by atoms with Gasteiger partial charge in [0.15, 0.2) is 0 Å². The number of carbonyl (C=O) groups is 2. The summed E-state index contributed by atoms with van der Waals surface area (Å²) in [5.41, 5.74) is 0.415. The average molecular weight is 450 g/mol. The molecule has 0 N–H and O–H groups in total. The fourth-order valence-electron chi connectivity index (χ4n) is 7.33. The molecular weight excluding hydrogens is 406 g/mol. The Labute approximate surface area is 193 Å². The molecule has 0 aromatic carbocycles. The van der Waals surface area contributed by atoms with Gasteiger partial charge in [-0.1, -0.05) is 13.8 Å². The molecule has 5 aliphatic rings. The van der Waals surface area contributed by atoms with Crippen LogP contribution in [0.2, 0.25) is 0 Å². The van der Waals surface area contributed by atoms with E-state index >= 15 is 0 Å². The van der Waals surface area contributed by atoms with E-state index in [2.05, 4.69) is 11.8 Å². The van der Waals surface area contributed by atoms with Gasteiger partial charge in [-0.25, -0.2) is 4.79 Å². The number of rotatable bonds is 10. The predicted octanol–water partition coefficient (Wildman–Crippen LogP) is 5.05. The number of hydrogen-bond acceptors (Lipinski definition) is 6. The summed E-state index contributed by atoms with van der Waals surface area (Å²) < 4.78 is 16.1. The topological polar surface area (TPSA) is 65.1 Å². The van der Waals surface area contributed by atoms with Crippen LogP contribution >= 0.6 is 0 Å². The van der Waals surface area contributed by atoms with E-state index in [1.165, 1.54) is 38.5 Å². The molecule has 32 heavy (non-hydrogen) atoms. The van der Waals surface area contributed by atoms with Crippen molar-refractivity contribution in [3.63, 3.8) is 0 Å². The minimum absolute atomic E-state index is 0.0312. The molecule has 4 aliphatic carbocycles. The zero-order valence-electron chi connectivity index (χ0n) is 20.2. The van der Waals surface area contributed by atoms with E-state index in [1.807, 2.05) is 6.92 Å². The maximum atomic E-state index is 12.3. The molecule has 2 atom stereocenters. The lowest BCUT2D eigenvalue weighted by atomic mass is 9.48. The molecule has 1 saturated heterocycles. The normalized spacial score (nSPS) is 34.8. The van der Waals surface area contributed by atoms with E-state index in [1.54, 1.807) is 0 Å². The lowest BCUT2D eigenvalue weighted by molar-refractivity contribution is -0.147. The Morgan fingerprint density at radius 2 is 1.66 bits per heavy atom. The average Bonchev–Trinajstić information content (AvgIpc) is 2.78. The Morgan fingerprint density at radius 1 is 1.00 bits per heavy atom. The van der Waals surface area contributed by atoms with E-state index in [4.69, 9.17) is 14.2 Å². The third kappa shape index (κ3) is 6.39. The fraction of sp³-hybridized carbons (Fsp3) is 0.923. The Morgan fingerprint density at radius 3 is 2.31 bits per heavy atom. The zero-order chi connectivity index (χ0) is 22.6. The number of hydrogen-bond donors (Lipinski definition) is 0. The molecule has 4 saturated carbocycles. The molecule has 182 valence electrons. The SMILES string of the molecule is CCN1CCCC(COC(=O)OCC(C)COC(=O)CCC23CC4CC(CC(C4)C2)C3)C1. The summed E-state index contributed by atoms with van der Waals surface area (Å²) in [5, 5.41) is 0. The quantitative estimate of drug-likeness (QED) is 0.435. The molecule has 0 radical (unpaired) electrons. The maximum Gasteiger partial charge on any atom is 0.508 e. The van der Waals surface area contributed by atoms with Crippen molar-refractivity contribution in [3.05, 3.63) is 0 Å². The number of ether oxygens (including phenoxy) is 3. The van der Waals surface area contributed by atoms with Crippen molar-refractivity contribution in [1.29, 1.82) is 0 Å². The van der Waals surface area contributed by atoms with Crippen LogP contribution in [0.25, 0.3) is 0 Å². The molecule has 1 heterocycles. The minimum atomic E-state index is -0.612. The van der Waals surface area contributed by atoms with Crippen molar-refractivity contribution >= 4 is 12.1 Å². The van der Waals surface area contributed by atoms with Crippen molar-refractivity contribution in [3.8, 4) is 0 Å². The first-order valence-electron chi connectivity index (χ1n) is 13.1. The van der Waals surface area contributed by atoms with Gasteiger partial charge in [0.25, 0.3) is 0 Å². The summed E-state index contributed by atoms with van der Waals surface area (Å²) in [6.07, 6.45) is 11.4. The highest BCUT2D eigenvalue weighted by Crippen LogP contribution is 2.61. The summed E-state index contributed by atoms with van der Waals surface area (Å²) >= 11 is 0. The third-order valence-electron chi connectivity index (χ3n) is 8.53. The standard InChI is InChI=1S/C26H43NO5/c1-3-27-8-4-5-20(15-27)18-32-25(29)31-17-19(2)16-30-24(28)6-7-26-12-21-9-22(13-26)11-23(10-21)14-26/h19-23H,3-18H2,1-2H3. The highest BCUT2D eigenvalue weighted by Gasteiger charge is 2.50. The monoisotopic (exact) mass is 449 g/mol. The number of esters is 1. The van der Waals surface area contributed by atoms with Gasteiger partial charge in [-0.05, 0) is 94.0 Å². The predicted molar refractivity (Wildman–Crippen MR) is 122 cm³/mol. The van der Waals surface area contributed by atoms with Crippen LogP contribution in [0.1, 0.15) is 78.1 Å². The van der Waals surface area contributed by atoms with E-state index in [9.17, 15) is 9.59 Å². The number of piperidine rings is 1. The molecule has 2 unspecified atom stereocenters. The molecule has 5 rings (SSSR count). The highest BCUT2D eigenvalue weighted by atomic mass is 16.7. The molecule has 6 heteroatoms. The second-order valence-electron chi connectivity index (χ2n) is 11.5. The van der Waals surface area contributed by atoms with E-state index < -0.39 is 6.16 Å². The second-order valence-corrected chi connectivity index (χ2v) is 11.5. The molecule has 0 aromatic heterocycles. The third-order valence-corrected chi connectivity index (χ3v) is 8.53. The summed E-state index contributed by atoms with van der Waals surface area (Å²) in [5.74, 6) is 3.00. The van der Waals surface area contributed by atoms with Crippen LogP contribution in [0, 0.1) is 35.0 Å². The summed E-state index contributed by atoms with van der Waals surface area (Å²) in [6, 6.07) is 0. The molecule has 0 spiro atoms. The Balaban J connectivity index is 1.07. The Kier molecular flexibility index (Phi) is 8.01. The van der Waals surface area contributed by atoms with Gasteiger partial charge in [-0.3, -0.25) is 4.79 Å². The van der Waals surface area contributed by atoms with Crippen molar-refractivity contribution in [1.82, 2.24) is 4.90 Å². The first-order valence-corrected chi connectivity index (χ1v) is 13.1. The van der Waals surface area contributed by atoms with Crippen LogP contribution in [0.5, 0.6) is 0 Å². The second kappa shape index (κ2) is 10.8. The van der Waals surface area contributed by atoms with Crippen molar-refractivity contribution in [2.45, 2.75) is 78.1 Å². The lowest BCUT2D eigenvalue weighted by Crippen LogP contribution is -2.46. The Hall–Kier alpha value is -1.30. The smallest absolute Gasteiger partial charge is 0.465 e. The van der Waals surface area contributed by atoms with Gasteiger partial charge >= 0.3 is 12.1 Å². The molecule has 0 aromatic rings. The van der Waals surface area contributed by atoms with Crippen molar-refractivity contribution in [2.24, 2.45) is 35.0 Å². The summed E-state index contributed by atoms with van der Waals surface area (Å²) in [6.45, 7) is 8.18. The van der Waals surface area contributed by atoms with Gasteiger partial charge in [0.2, 0.25) is 0 Å². The van der Waals surface area contributed by atoms with E-state index in [-0.39, 0.29) is 18.5 Å². The van der Waals surface area contributed by atoms with Gasteiger partial charge in [-0.15, -0.1) is 0 Å². The van der Waals surface area contributed by atoms with Gasteiger partial charge in [0.1, 0.15) is 6.61 Å². The minimum Gasteiger partial charge on any atom is -0.465 e. The molecule has 4 bridgehead atoms. The zero-order valence-corrected chi connectivity index (χ0v) is 20.2. The number of carbonyl (C=O) groups excluding carboxylic acids is 2. The Bertz CT molecular complexity index is 615. The molecule has 5 fully saturated rings. The molecule has 6 nitrogen and oxygen atoms in total. The van der Waals surface area contributed by atoms with Crippen LogP contribution in [0.4, 0.5) is 4.79 Å². The molecular formula is C26H43NO5. The summed E-state index contributed by atoms with van der Waals surface area (Å²) in [7, 11) is 0. The van der Waals surface area contributed by atoms with E-state index in [0.29, 0.717) is 31.0 Å². The van der Waals surface area contributed by atoms with Gasteiger partial charge in [-0.2, -0.15) is 0 Å². The van der Waals surface area contributed by atoms with Gasteiger partial charge in [0.05, 0.1) is 13.2 Å². The largest absolute Gasteiger partial charge is 0.508 e. The van der Waals surface area contributed by atoms with Crippen molar-refractivity contribution in [2.75, 3.05) is 39.5 Å². The lowest BCUT2D eigenvalue weighted by Gasteiger charge is -2.57. The fourth-order valence-corrected chi connectivity index (χ4v) is 7.33. The van der Waals surface area contributed by atoms with Gasteiger partial charge in [0, 0.05) is 24.8 Å². The van der Waals surface area contributed by atoms with Crippen molar-refractivity contribution < 1.29 is 23.8 Å². The number of likely N-dealkylation sites (tertiary alicyclic amines) is 1. The van der Waals surface area contributed by atoms with Crippen LogP contribution in [0.15, 0.2) is 0 Å². The van der Waals surface area contributed by atoms with Crippen LogP contribution in [0.3, 0.4) is 0 Å².